The lowest BCUT2D eigenvalue weighted by molar-refractivity contribution is -0.183. The summed E-state index contributed by atoms with van der Waals surface area (Å²) in [6.07, 6.45) is 3.71. The molecule has 0 aromatic heterocycles. The van der Waals surface area contributed by atoms with Crippen LogP contribution in [0.2, 0.25) is 0 Å². The summed E-state index contributed by atoms with van der Waals surface area (Å²) in [6, 6.07) is 0. The van der Waals surface area contributed by atoms with Gasteiger partial charge in [-0.25, -0.2) is 4.79 Å². The van der Waals surface area contributed by atoms with Gasteiger partial charge in [0.2, 0.25) is 5.60 Å². The van der Waals surface area contributed by atoms with Crippen molar-refractivity contribution in [2.45, 2.75) is 52.1 Å². The maximum absolute atomic E-state index is 12.6. The zero-order chi connectivity index (χ0) is 15.3. The second-order valence-electron chi connectivity index (χ2n) is 7.36. The molecule has 2 unspecified atom stereocenters. The fourth-order valence-electron chi connectivity index (χ4n) is 4.09. The van der Waals surface area contributed by atoms with Crippen molar-refractivity contribution in [1.29, 1.82) is 0 Å². The van der Waals surface area contributed by atoms with Crippen LogP contribution >= 0.6 is 0 Å². The minimum atomic E-state index is -1.08. The van der Waals surface area contributed by atoms with E-state index in [1.165, 1.54) is 12.8 Å². The molecule has 1 saturated carbocycles. The zero-order valence-electron chi connectivity index (χ0n) is 13.2. The van der Waals surface area contributed by atoms with Gasteiger partial charge in [0.15, 0.2) is 0 Å². The molecule has 2 atom stereocenters. The molecule has 3 rings (SSSR count). The highest BCUT2D eigenvalue weighted by Gasteiger charge is 2.76. The van der Waals surface area contributed by atoms with E-state index in [1.807, 2.05) is 20.8 Å². The molecule has 0 aromatic carbocycles. The minimum Gasteiger partial charge on any atom is -0.461 e. The van der Waals surface area contributed by atoms with E-state index in [0.29, 0.717) is 19.4 Å². The zero-order valence-corrected chi connectivity index (χ0v) is 13.2. The van der Waals surface area contributed by atoms with E-state index in [1.54, 1.807) is 0 Å². The van der Waals surface area contributed by atoms with E-state index < -0.39 is 16.4 Å². The predicted molar refractivity (Wildman–Crippen MR) is 76.6 cm³/mol. The number of carbonyl (C=O) groups is 2. The monoisotopic (exact) mass is 295 g/mol. The molecule has 3 fully saturated rings. The normalized spacial score (nSPS) is 37.8. The molecule has 21 heavy (non-hydrogen) atoms. The number of ether oxygens (including phenoxy) is 2. The third-order valence-corrected chi connectivity index (χ3v) is 6.25. The summed E-state index contributed by atoms with van der Waals surface area (Å²) in [4.78, 5) is 27.0. The molecule has 2 aliphatic heterocycles. The first-order valence-corrected chi connectivity index (χ1v) is 7.97. The van der Waals surface area contributed by atoms with Gasteiger partial charge >= 0.3 is 11.9 Å². The van der Waals surface area contributed by atoms with Gasteiger partial charge in [-0.1, -0.05) is 13.8 Å². The smallest absolute Gasteiger partial charge is 0.351 e. The Bertz CT molecular complexity index is 469. The van der Waals surface area contributed by atoms with Crippen LogP contribution in [0.3, 0.4) is 0 Å². The number of rotatable bonds is 4. The lowest BCUT2D eigenvalue weighted by Crippen LogP contribution is -2.49. The Morgan fingerprint density at radius 3 is 2.43 bits per heavy atom. The van der Waals surface area contributed by atoms with Crippen LogP contribution in [-0.2, 0) is 19.1 Å². The molecule has 0 radical (unpaired) electrons. The molecule has 0 spiro atoms. The van der Waals surface area contributed by atoms with Crippen LogP contribution in [-0.4, -0.2) is 48.7 Å². The van der Waals surface area contributed by atoms with E-state index in [-0.39, 0.29) is 11.9 Å². The standard InChI is InChI=1S/C16H25NO4/c1-14(2)15(3)6-7-16(14,21-12(15)18)13(19)20-11-10-17-8-4-5-9-17/h4-11H2,1-3H3. The molecule has 5 heteroatoms. The maximum atomic E-state index is 12.6. The molecule has 2 heterocycles. The van der Waals surface area contributed by atoms with Crippen LogP contribution in [0.1, 0.15) is 46.5 Å². The number of esters is 2. The summed E-state index contributed by atoms with van der Waals surface area (Å²) < 4.78 is 11.0. The summed E-state index contributed by atoms with van der Waals surface area (Å²) in [6.45, 7) is 9.13. The van der Waals surface area contributed by atoms with Gasteiger partial charge in [-0.3, -0.25) is 9.69 Å². The van der Waals surface area contributed by atoms with E-state index >= 15 is 0 Å². The molecule has 0 N–H and O–H groups in total. The Hall–Kier alpha value is -1.10. The first-order chi connectivity index (χ1) is 9.83. The van der Waals surface area contributed by atoms with Gasteiger partial charge in [-0.2, -0.15) is 0 Å². The molecule has 1 aliphatic carbocycles. The lowest BCUT2D eigenvalue weighted by atomic mass is 9.66. The van der Waals surface area contributed by atoms with Crippen LogP contribution < -0.4 is 0 Å². The lowest BCUT2D eigenvalue weighted by Gasteiger charge is -2.34. The van der Waals surface area contributed by atoms with E-state index in [4.69, 9.17) is 9.47 Å². The molecule has 3 aliphatic rings. The van der Waals surface area contributed by atoms with E-state index in [9.17, 15) is 9.59 Å². The molecule has 5 nitrogen and oxygen atoms in total. The quantitative estimate of drug-likeness (QED) is 0.740. The number of hydrogen-bond donors (Lipinski definition) is 0. The van der Waals surface area contributed by atoms with Gasteiger partial charge in [0.1, 0.15) is 6.61 Å². The first kappa shape index (κ1) is 14.8. The molecule has 2 saturated heterocycles. The van der Waals surface area contributed by atoms with Crippen molar-refractivity contribution in [3.63, 3.8) is 0 Å². The second kappa shape index (κ2) is 4.70. The third-order valence-electron chi connectivity index (χ3n) is 6.25. The SMILES string of the molecule is CC12CCC(C(=O)OCCN3CCCC3)(OC1=O)C2(C)C. The molecule has 2 bridgehead atoms. The van der Waals surface area contributed by atoms with Crippen molar-refractivity contribution < 1.29 is 19.1 Å². The van der Waals surface area contributed by atoms with Crippen LogP contribution in [0.25, 0.3) is 0 Å². The van der Waals surface area contributed by atoms with Gasteiger partial charge < -0.3 is 9.47 Å². The average molecular weight is 295 g/mol. The molecule has 0 amide bonds. The molecular formula is C16H25NO4. The molecule has 118 valence electrons. The van der Waals surface area contributed by atoms with Crippen molar-refractivity contribution in [1.82, 2.24) is 4.90 Å². The van der Waals surface area contributed by atoms with Gasteiger partial charge in [-0.15, -0.1) is 0 Å². The van der Waals surface area contributed by atoms with Gasteiger partial charge in [0.25, 0.3) is 0 Å². The summed E-state index contributed by atoms with van der Waals surface area (Å²) in [5.41, 5.74) is -2.16. The number of likely N-dealkylation sites (tertiary alicyclic amines) is 1. The minimum absolute atomic E-state index is 0.254. The average Bonchev–Trinajstić information content (AvgIpc) is 3.04. The highest BCUT2D eigenvalue weighted by atomic mass is 16.6. The Morgan fingerprint density at radius 2 is 1.90 bits per heavy atom. The largest absolute Gasteiger partial charge is 0.461 e. The van der Waals surface area contributed by atoms with Gasteiger partial charge in [0.05, 0.1) is 5.41 Å². The van der Waals surface area contributed by atoms with Crippen LogP contribution in [0.5, 0.6) is 0 Å². The number of hydrogen-bond acceptors (Lipinski definition) is 5. The van der Waals surface area contributed by atoms with Crippen LogP contribution in [0, 0.1) is 10.8 Å². The topological polar surface area (TPSA) is 55.8 Å². The third kappa shape index (κ3) is 1.86. The fraction of sp³-hybridized carbons (Fsp3) is 0.875. The highest BCUT2D eigenvalue weighted by Crippen LogP contribution is 2.65. The van der Waals surface area contributed by atoms with Gasteiger partial charge in [-0.05, 0) is 45.7 Å². The highest BCUT2D eigenvalue weighted by molar-refractivity contribution is 5.93. The summed E-state index contributed by atoms with van der Waals surface area (Å²) in [5.74, 6) is -0.614. The molecule has 0 aromatic rings. The van der Waals surface area contributed by atoms with Crippen LogP contribution in [0.15, 0.2) is 0 Å². The Labute approximate surface area is 126 Å². The van der Waals surface area contributed by atoms with Gasteiger partial charge in [0, 0.05) is 12.0 Å². The van der Waals surface area contributed by atoms with Crippen molar-refractivity contribution in [2.75, 3.05) is 26.2 Å². The Morgan fingerprint density at radius 1 is 1.24 bits per heavy atom. The Balaban J connectivity index is 1.65. The van der Waals surface area contributed by atoms with E-state index in [0.717, 1.165) is 19.6 Å². The summed E-state index contributed by atoms with van der Waals surface area (Å²) in [7, 11) is 0. The fourth-order valence-corrected chi connectivity index (χ4v) is 4.09. The van der Waals surface area contributed by atoms with Crippen molar-refractivity contribution >= 4 is 11.9 Å². The number of carbonyl (C=O) groups excluding carboxylic acids is 2. The van der Waals surface area contributed by atoms with Crippen molar-refractivity contribution in [3.05, 3.63) is 0 Å². The Kier molecular flexibility index (Phi) is 3.32. The summed E-state index contributed by atoms with van der Waals surface area (Å²) >= 11 is 0. The van der Waals surface area contributed by atoms with E-state index in [2.05, 4.69) is 4.90 Å². The van der Waals surface area contributed by atoms with Crippen molar-refractivity contribution in [2.24, 2.45) is 10.8 Å². The summed E-state index contributed by atoms with van der Waals surface area (Å²) in [5, 5.41) is 0. The first-order valence-electron chi connectivity index (χ1n) is 7.97. The second-order valence-corrected chi connectivity index (χ2v) is 7.36. The number of fused-ring (bicyclic) bond motifs is 2. The predicted octanol–water partition coefficient (Wildman–Crippen LogP) is 1.75. The van der Waals surface area contributed by atoms with Crippen LogP contribution in [0.4, 0.5) is 0 Å². The number of nitrogens with zero attached hydrogens (tertiary/aromatic N) is 1. The van der Waals surface area contributed by atoms with Crippen molar-refractivity contribution in [3.8, 4) is 0 Å². The maximum Gasteiger partial charge on any atom is 0.351 e. The molecular weight excluding hydrogens is 270 g/mol.